The van der Waals surface area contributed by atoms with Crippen molar-refractivity contribution >= 4 is 21.8 Å². The van der Waals surface area contributed by atoms with Gasteiger partial charge in [0.1, 0.15) is 18.2 Å². The van der Waals surface area contributed by atoms with Gasteiger partial charge in [0, 0.05) is 11.0 Å². The lowest BCUT2D eigenvalue weighted by molar-refractivity contribution is 0.373. The Labute approximate surface area is 91.3 Å². The molecule has 0 spiro atoms. The number of rotatable bonds is 3. The van der Waals surface area contributed by atoms with Crippen molar-refractivity contribution in [2.45, 2.75) is 0 Å². The van der Waals surface area contributed by atoms with E-state index >= 15 is 0 Å². The molecule has 1 aliphatic rings. The normalized spacial score (nSPS) is 14.8. The fourth-order valence-corrected chi connectivity index (χ4v) is 1.63. The lowest BCUT2D eigenvalue weighted by Crippen LogP contribution is -2.24. The van der Waals surface area contributed by atoms with Crippen molar-refractivity contribution < 1.29 is 4.74 Å². The van der Waals surface area contributed by atoms with Gasteiger partial charge in [0.15, 0.2) is 0 Å². The first-order chi connectivity index (χ1) is 6.84. The molecule has 3 nitrogen and oxygen atoms in total. The van der Waals surface area contributed by atoms with Crippen molar-refractivity contribution in [2.75, 3.05) is 19.7 Å². The minimum absolute atomic E-state index is 0.524. The van der Waals surface area contributed by atoms with Crippen molar-refractivity contribution in [2.24, 2.45) is 4.99 Å². The molecule has 0 aromatic heterocycles. The summed E-state index contributed by atoms with van der Waals surface area (Å²) >= 11 is 3.39. The molecule has 1 aliphatic heterocycles. The highest BCUT2D eigenvalue weighted by molar-refractivity contribution is 9.10. The van der Waals surface area contributed by atoms with Crippen LogP contribution < -0.4 is 10.1 Å². The highest BCUT2D eigenvalue weighted by atomic mass is 79.9. The SMILES string of the molecule is Brc1cccc(OCC2=NCCN2)c1. The van der Waals surface area contributed by atoms with E-state index in [9.17, 15) is 0 Å². The van der Waals surface area contributed by atoms with Crippen molar-refractivity contribution in [3.63, 3.8) is 0 Å². The van der Waals surface area contributed by atoms with E-state index in [-0.39, 0.29) is 0 Å². The second-order valence-corrected chi connectivity index (χ2v) is 3.92. The van der Waals surface area contributed by atoms with Crippen LogP contribution in [-0.2, 0) is 0 Å². The van der Waals surface area contributed by atoms with Gasteiger partial charge in [-0.1, -0.05) is 22.0 Å². The summed E-state index contributed by atoms with van der Waals surface area (Å²) in [4.78, 5) is 4.24. The molecule has 1 aromatic rings. The molecular weight excluding hydrogens is 244 g/mol. The zero-order valence-electron chi connectivity index (χ0n) is 7.66. The number of nitrogens with zero attached hydrogens (tertiary/aromatic N) is 1. The van der Waals surface area contributed by atoms with Crippen LogP contribution in [-0.4, -0.2) is 25.5 Å². The van der Waals surface area contributed by atoms with Crippen LogP contribution in [0.2, 0.25) is 0 Å². The second-order valence-electron chi connectivity index (χ2n) is 3.00. The summed E-state index contributed by atoms with van der Waals surface area (Å²) in [6.07, 6.45) is 0. The van der Waals surface area contributed by atoms with Crippen molar-refractivity contribution in [3.8, 4) is 5.75 Å². The second kappa shape index (κ2) is 4.46. The average molecular weight is 255 g/mol. The molecule has 1 heterocycles. The van der Waals surface area contributed by atoms with Gasteiger partial charge in [-0.05, 0) is 18.2 Å². The van der Waals surface area contributed by atoms with E-state index in [0.29, 0.717) is 6.61 Å². The Hall–Kier alpha value is -1.03. The van der Waals surface area contributed by atoms with E-state index < -0.39 is 0 Å². The molecule has 0 saturated carbocycles. The number of halogens is 1. The van der Waals surface area contributed by atoms with Gasteiger partial charge < -0.3 is 10.1 Å². The third-order valence-electron chi connectivity index (χ3n) is 1.92. The molecule has 14 heavy (non-hydrogen) atoms. The Kier molecular flexibility index (Phi) is 3.03. The molecule has 0 atom stereocenters. The molecule has 0 aliphatic carbocycles. The van der Waals surface area contributed by atoms with Gasteiger partial charge in [-0.2, -0.15) is 0 Å². The maximum Gasteiger partial charge on any atom is 0.145 e. The topological polar surface area (TPSA) is 33.6 Å². The minimum Gasteiger partial charge on any atom is -0.486 e. The summed E-state index contributed by atoms with van der Waals surface area (Å²) in [6.45, 7) is 2.31. The first-order valence-electron chi connectivity index (χ1n) is 4.50. The van der Waals surface area contributed by atoms with Gasteiger partial charge in [0.05, 0.1) is 6.54 Å². The van der Waals surface area contributed by atoms with Gasteiger partial charge >= 0.3 is 0 Å². The number of hydrogen-bond donors (Lipinski definition) is 1. The van der Waals surface area contributed by atoms with Crippen LogP contribution in [0, 0.1) is 0 Å². The summed E-state index contributed by atoms with van der Waals surface area (Å²) in [6, 6.07) is 7.79. The summed E-state index contributed by atoms with van der Waals surface area (Å²) < 4.78 is 6.57. The van der Waals surface area contributed by atoms with E-state index in [1.165, 1.54) is 0 Å². The van der Waals surface area contributed by atoms with Gasteiger partial charge in [-0.15, -0.1) is 0 Å². The highest BCUT2D eigenvalue weighted by Crippen LogP contribution is 2.17. The largest absolute Gasteiger partial charge is 0.486 e. The number of benzene rings is 1. The lowest BCUT2D eigenvalue weighted by Gasteiger charge is -2.06. The van der Waals surface area contributed by atoms with Gasteiger partial charge in [0.2, 0.25) is 0 Å². The first kappa shape index (κ1) is 9.52. The monoisotopic (exact) mass is 254 g/mol. The zero-order chi connectivity index (χ0) is 9.80. The van der Waals surface area contributed by atoms with Crippen LogP contribution in [0.15, 0.2) is 33.7 Å². The van der Waals surface area contributed by atoms with Crippen LogP contribution in [0.3, 0.4) is 0 Å². The maximum atomic E-state index is 5.55. The molecular formula is C10H11BrN2O. The number of ether oxygens (including phenoxy) is 1. The van der Waals surface area contributed by atoms with E-state index in [0.717, 1.165) is 29.1 Å². The zero-order valence-corrected chi connectivity index (χ0v) is 9.25. The standard InChI is InChI=1S/C10H11BrN2O/c11-8-2-1-3-9(6-8)14-7-10-12-4-5-13-10/h1-3,6H,4-5,7H2,(H,12,13). The summed E-state index contributed by atoms with van der Waals surface area (Å²) in [5.41, 5.74) is 0. The van der Waals surface area contributed by atoms with Gasteiger partial charge in [0.25, 0.3) is 0 Å². The van der Waals surface area contributed by atoms with Crippen LogP contribution in [0.4, 0.5) is 0 Å². The molecule has 0 bridgehead atoms. The van der Waals surface area contributed by atoms with Gasteiger partial charge in [-0.3, -0.25) is 4.99 Å². The summed E-state index contributed by atoms with van der Waals surface area (Å²) in [5.74, 6) is 1.79. The fraction of sp³-hybridized carbons (Fsp3) is 0.300. The van der Waals surface area contributed by atoms with Crippen molar-refractivity contribution in [1.82, 2.24) is 5.32 Å². The fourth-order valence-electron chi connectivity index (χ4n) is 1.25. The van der Waals surface area contributed by atoms with Gasteiger partial charge in [-0.25, -0.2) is 0 Å². The van der Waals surface area contributed by atoms with E-state index in [1.807, 2.05) is 24.3 Å². The number of aliphatic imine (C=N–C) groups is 1. The predicted molar refractivity (Wildman–Crippen MR) is 59.9 cm³/mol. The van der Waals surface area contributed by atoms with Crippen molar-refractivity contribution in [1.29, 1.82) is 0 Å². The molecule has 0 saturated heterocycles. The molecule has 1 aromatic carbocycles. The molecule has 0 fully saturated rings. The molecule has 74 valence electrons. The Morgan fingerprint density at radius 2 is 2.43 bits per heavy atom. The number of amidine groups is 1. The molecule has 0 radical (unpaired) electrons. The lowest BCUT2D eigenvalue weighted by atomic mass is 10.3. The van der Waals surface area contributed by atoms with E-state index in [1.54, 1.807) is 0 Å². The van der Waals surface area contributed by atoms with E-state index in [2.05, 4.69) is 26.2 Å². The Bertz CT molecular complexity index is 352. The molecule has 1 N–H and O–H groups in total. The number of hydrogen-bond acceptors (Lipinski definition) is 3. The minimum atomic E-state index is 0.524. The predicted octanol–water partition coefficient (Wildman–Crippen LogP) is 1.83. The third kappa shape index (κ3) is 2.48. The molecule has 4 heteroatoms. The maximum absolute atomic E-state index is 5.55. The van der Waals surface area contributed by atoms with E-state index in [4.69, 9.17) is 4.74 Å². The number of nitrogens with one attached hydrogen (secondary N) is 1. The van der Waals surface area contributed by atoms with Crippen molar-refractivity contribution in [3.05, 3.63) is 28.7 Å². The third-order valence-corrected chi connectivity index (χ3v) is 2.41. The Balaban J connectivity index is 1.91. The first-order valence-corrected chi connectivity index (χ1v) is 5.29. The molecule has 0 unspecified atom stereocenters. The Morgan fingerprint density at radius 1 is 1.50 bits per heavy atom. The van der Waals surface area contributed by atoms with Crippen LogP contribution in [0.1, 0.15) is 0 Å². The highest BCUT2D eigenvalue weighted by Gasteiger charge is 2.05. The summed E-state index contributed by atoms with van der Waals surface area (Å²) in [7, 11) is 0. The summed E-state index contributed by atoms with van der Waals surface area (Å²) in [5, 5.41) is 3.15. The molecule has 2 rings (SSSR count). The van der Waals surface area contributed by atoms with Crippen LogP contribution >= 0.6 is 15.9 Å². The molecule has 0 amide bonds. The Morgan fingerprint density at radius 3 is 3.14 bits per heavy atom. The van der Waals surface area contributed by atoms with Crippen LogP contribution in [0.25, 0.3) is 0 Å². The quantitative estimate of drug-likeness (QED) is 0.893. The smallest absolute Gasteiger partial charge is 0.145 e. The average Bonchev–Trinajstić information content (AvgIpc) is 2.67. The van der Waals surface area contributed by atoms with Crippen LogP contribution in [0.5, 0.6) is 5.75 Å².